The zero-order valence-electron chi connectivity index (χ0n) is 13.2. The van der Waals surface area contributed by atoms with E-state index >= 15 is 0 Å². The Hall–Kier alpha value is -2.50. The molecule has 1 aromatic heterocycles. The van der Waals surface area contributed by atoms with Crippen molar-refractivity contribution < 1.29 is 14.7 Å². The molecule has 3 rings (SSSR count). The number of aromatic nitrogens is 1. The predicted octanol–water partition coefficient (Wildman–Crippen LogP) is 2.99. The largest absolute Gasteiger partial charge is 0.481 e. The minimum absolute atomic E-state index is 0.235. The zero-order chi connectivity index (χ0) is 16.4. The van der Waals surface area contributed by atoms with Crippen molar-refractivity contribution >= 4 is 28.6 Å². The van der Waals surface area contributed by atoms with Crippen molar-refractivity contribution in [3.8, 4) is 0 Å². The molecule has 23 heavy (non-hydrogen) atoms. The summed E-state index contributed by atoms with van der Waals surface area (Å²) in [5, 5.41) is 13.0. The number of likely N-dealkylation sites (tertiary alicyclic amines) is 1. The second kappa shape index (κ2) is 6.32. The van der Waals surface area contributed by atoms with Gasteiger partial charge in [-0.25, -0.2) is 4.79 Å². The fraction of sp³-hybridized carbons (Fsp3) is 0.412. The van der Waals surface area contributed by atoms with E-state index < -0.39 is 11.9 Å². The Morgan fingerprint density at radius 2 is 2.17 bits per heavy atom. The molecule has 1 aromatic carbocycles. The lowest BCUT2D eigenvalue weighted by Crippen LogP contribution is -2.33. The van der Waals surface area contributed by atoms with Crippen LogP contribution in [-0.4, -0.2) is 39.7 Å². The number of anilines is 1. The van der Waals surface area contributed by atoms with E-state index in [1.165, 1.54) is 0 Å². The fourth-order valence-electron chi connectivity index (χ4n) is 3.05. The molecule has 2 heterocycles. The van der Waals surface area contributed by atoms with Gasteiger partial charge < -0.3 is 19.9 Å². The van der Waals surface area contributed by atoms with Crippen molar-refractivity contribution in [3.05, 3.63) is 30.5 Å². The molecule has 6 nitrogen and oxygen atoms in total. The van der Waals surface area contributed by atoms with E-state index in [0.29, 0.717) is 13.0 Å². The zero-order valence-corrected chi connectivity index (χ0v) is 13.2. The Morgan fingerprint density at radius 1 is 1.35 bits per heavy atom. The standard InChI is InChI=1S/C17H21N3O3/c1-2-7-19-8-5-12-3-4-14(10-15(12)19)18-17(23)20-9-6-13(11-20)16(21)22/h3-5,8,10,13H,2,6-7,9,11H2,1H3,(H,18,23)(H,21,22). The Kier molecular flexibility index (Phi) is 4.23. The predicted molar refractivity (Wildman–Crippen MR) is 88.6 cm³/mol. The van der Waals surface area contributed by atoms with Crippen LogP contribution in [-0.2, 0) is 11.3 Å². The van der Waals surface area contributed by atoms with Gasteiger partial charge in [-0.2, -0.15) is 0 Å². The molecule has 0 bridgehead atoms. The third-order valence-electron chi connectivity index (χ3n) is 4.31. The summed E-state index contributed by atoms with van der Waals surface area (Å²) in [5.74, 6) is -1.29. The molecule has 1 unspecified atom stereocenters. The number of benzene rings is 1. The molecular formula is C17H21N3O3. The van der Waals surface area contributed by atoms with Gasteiger partial charge in [0.05, 0.1) is 11.4 Å². The normalized spacial score (nSPS) is 17.6. The molecular weight excluding hydrogens is 294 g/mol. The number of rotatable bonds is 4. The molecule has 2 N–H and O–H groups in total. The number of carboxylic acids is 1. The molecule has 0 radical (unpaired) electrons. The maximum absolute atomic E-state index is 12.3. The van der Waals surface area contributed by atoms with E-state index in [9.17, 15) is 9.59 Å². The van der Waals surface area contributed by atoms with Crippen molar-refractivity contribution in [2.45, 2.75) is 26.3 Å². The minimum Gasteiger partial charge on any atom is -0.481 e. The Labute approximate surface area is 134 Å². The number of nitrogens with one attached hydrogen (secondary N) is 1. The lowest BCUT2D eigenvalue weighted by molar-refractivity contribution is -0.141. The smallest absolute Gasteiger partial charge is 0.321 e. The highest BCUT2D eigenvalue weighted by molar-refractivity contribution is 5.93. The Balaban J connectivity index is 1.72. The van der Waals surface area contributed by atoms with Gasteiger partial charge in [0.1, 0.15) is 0 Å². The first-order valence-electron chi connectivity index (χ1n) is 7.96. The van der Waals surface area contributed by atoms with Gasteiger partial charge in [0, 0.05) is 31.5 Å². The van der Waals surface area contributed by atoms with Crippen LogP contribution in [0.25, 0.3) is 10.9 Å². The number of carboxylic acid groups (broad SMARTS) is 1. The summed E-state index contributed by atoms with van der Waals surface area (Å²) in [6, 6.07) is 7.66. The van der Waals surface area contributed by atoms with Gasteiger partial charge >= 0.3 is 12.0 Å². The highest BCUT2D eigenvalue weighted by Crippen LogP contribution is 2.22. The first kappa shape index (κ1) is 15.4. The van der Waals surface area contributed by atoms with Crippen LogP contribution in [0, 0.1) is 5.92 Å². The molecule has 1 fully saturated rings. The van der Waals surface area contributed by atoms with Crippen LogP contribution < -0.4 is 5.32 Å². The molecule has 1 atom stereocenters. The molecule has 2 amide bonds. The highest BCUT2D eigenvalue weighted by Gasteiger charge is 2.30. The maximum Gasteiger partial charge on any atom is 0.321 e. The maximum atomic E-state index is 12.3. The van der Waals surface area contributed by atoms with E-state index in [4.69, 9.17) is 5.11 Å². The number of hydrogen-bond donors (Lipinski definition) is 2. The van der Waals surface area contributed by atoms with Gasteiger partial charge in [-0.3, -0.25) is 4.79 Å². The van der Waals surface area contributed by atoms with E-state index in [1.54, 1.807) is 4.90 Å². The van der Waals surface area contributed by atoms with Gasteiger partial charge in [0.2, 0.25) is 0 Å². The van der Waals surface area contributed by atoms with Crippen molar-refractivity contribution in [2.24, 2.45) is 5.92 Å². The van der Waals surface area contributed by atoms with Crippen LogP contribution >= 0.6 is 0 Å². The third-order valence-corrected chi connectivity index (χ3v) is 4.31. The number of hydrogen-bond acceptors (Lipinski definition) is 2. The van der Waals surface area contributed by atoms with Crippen LogP contribution in [0.15, 0.2) is 30.5 Å². The summed E-state index contributed by atoms with van der Waals surface area (Å²) in [6.45, 7) is 3.82. The number of amides is 2. The van der Waals surface area contributed by atoms with Crippen molar-refractivity contribution in [3.63, 3.8) is 0 Å². The number of nitrogens with zero attached hydrogens (tertiary/aromatic N) is 2. The van der Waals surface area contributed by atoms with Crippen molar-refractivity contribution in [1.82, 2.24) is 9.47 Å². The summed E-state index contributed by atoms with van der Waals surface area (Å²) in [6.07, 6.45) is 3.61. The number of urea groups is 1. The fourth-order valence-corrected chi connectivity index (χ4v) is 3.05. The summed E-state index contributed by atoms with van der Waals surface area (Å²) in [7, 11) is 0. The topological polar surface area (TPSA) is 74.6 Å². The quantitative estimate of drug-likeness (QED) is 0.911. The lowest BCUT2D eigenvalue weighted by atomic mass is 10.1. The summed E-state index contributed by atoms with van der Waals surface area (Å²) in [4.78, 5) is 24.8. The molecule has 6 heteroatoms. The summed E-state index contributed by atoms with van der Waals surface area (Å²) in [5.41, 5.74) is 1.83. The van der Waals surface area contributed by atoms with Gasteiger partial charge in [-0.15, -0.1) is 0 Å². The number of aliphatic carboxylic acids is 1. The molecule has 1 saturated heterocycles. The van der Waals surface area contributed by atoms with E-state index in [0.717, 1.165) is 29.6 Å². The average Bonchev–Trinajstić information content (AvgIpc) is 3.15. The second-order valence-corrected chi connectivity index (χ2v) is 5.98. The van der Waals surface area contributed by atoms with Crippen molar-refractivity contribution in [2.75, 3.05) is 18.4 Å². The molecule has 1 aliphatic rings. The Bertz CT molecular complexity index is 738. The van der Waals surface area contributed by atoms with Crippen LogP contribution in [0.5, 0.6) is 0 Å². The summed E-state index contributed by atoms with van der Waals surface area (Å²) < 4.78 is 2.17. The number of aryl methyl sites for hydroxylation is 1. The van der Waals surface area contributed by atoms with Crippen LogP contribution in [0.1, 0.15) is 19.8 Å². The highest BCUT2D eigenvalue weighted by atomic mass is 16.4. The van der Waals surface area contributed by atoms with E-state index in [1.807, 2.05) is 18.2 Å². The third kappa shape index (κ3) is 3.16. The van der Waals surface area contributed by atoms with Crippen LogP contribution in [0.3, 0.4) is 0 Å². The second-order valence-electron chi connectivity index (χ2n) is 5.98. The number of carbonyl (C=O) groups is 2. The molecule has 122 valence electrons. The molecule has 2 aromatic rings. The Morgan fingerprint density at radius 3 is 2.87 bits per heavy atom. The van der Waals surface area contributed by atoms with Gasteiger partial charge in [0.25, 0.3) is 0 Å². The first-order valence-corrected chi connectivity index (χ1v) is 7.96. The molecule has 0 aliphatic carbocycles. The van der Waals surface area contributed by atoms with E-state index in [2.05, 4.69) is 29.1 Å². The molecule has 0 saturated carbocycles. The van der Waals surface area contributed by atoms with Gasteiger partial charge in [-0.05, 0) is 36.4 Å². The molecule has 0 spiro atoms. The van der Waals surface area contributed by atoms with E-state index in [-0.39, 0.29) is 12.6 Å². The van der Waals surface area contributed by atoms with Gasteiger partial charge in [-0.1, -0.05) is 13.0 Å². The molecule has 1 aliphatic heterocycles. The van der Waals surface area contributed by atoms with Gasteiger partial charge in [0.15, 0.2) is 0 Å². The average molecular weight is 315 g/mol. The van der Waals surface area contributed by atoms with Crippen molar-refractivity contribution in [1.29, 1.82) is 0 Å². The summed E-state index contributed by atoms with van der Waals surface area (Å²) >= 11 is 0. The number of fused-ring (bicyclic) bond motifs is 1. The SMILES string of the molecule is CCCn1ccc2ccc(NC(=O)N3CCC(C(=O)O)C3)cc21. The first-order chi connectivity index (χ1) is 11.1. The monoisotopic (exact) mass is 315 g/mol. The van der Waals surface area contributed by atoms with Crippen LogP contribution in [0.2, 0.25) is 0 Å². The lowest BCUT2D eigenvalue weighted by Gasteiger charge is -2.17. The number of carbonyl (C=O) groups excluding carboxylic acids is 1. The minimum atomic E-state index is -0.834. The van der Waals surface area contributed by atoms with Crippen LogP contribution in [0.4, 0.5) is 10.5 Å².